The van der Waals surface area contributed by atoms with Gasteiger partial charge in [-0.25, -0.2) is 0 Å². The van der Waals surface area contributed by atoms with Crippen LogP contribution in [0, 0.1) is 22.7 Å². The van der Waals surface area contributed by atoms with Crippen molar-refractivity contribution in [3.8, 4) is 12.1 Å². The van der Waals surface area contributed by atoms with Crippen molar-refractivity contribution in [3.05, 3.63) is 35.4 Å². The zero-order chi connectivity index (χ0) is 13.7. The molecule has 0 N–H and O–H groups in total. The minimum Gasteiger partial charge on any atom is -0.316 e. The molecule has 0 aliphatic heterocycles. The zero-order valence-corrected chi connectivity index (χ0v) is 10.7. The topological polar surface area (TPSA) is 67.9 Å². The molecule has 96 valence electrons. The molecular formula is C15H15N3O. The molecule has 0 saturated carbocycles. The molecule has 1 amide bonds. The van der Waals surface area contributed by atoms with Crippen LogP contribution in [0.3, 0.4) is 0 Å². The van der Waals surface area contributed by atoms with Gasteiger partial charge in [0.1, 0.15) is 13.1 Å². The van der Waals surface area contributed by atoms with Crippen molar-refractivity contribution in [2.45, 2.75) is 25.2 Å². The first-order valence-corrected chi connectivity index (χ1v) is 6.38. The Bertz CT molecular complexity index is 537. The quantitative estimate of drug-likeness (QED) is 0.773. The molecule has 1 aliphatic rings. The summed E-state index contributed by atoms with van der Waals surface area (Å²) in [5.41, 5.74) is 2.26. The fourth-order valence-corrected chi connectivity index (χ4v) is 2.61. The fraction of sp³-hybridized carbons (Fsp3) is 0.400. The summed E-state index contributed by atoms with van der Waals surface area (Å²) in [6, 6.07) is 11.8. The molecule has 1 aromatic carbocycles. The number of hydrogen-bond acceptors (Lipinski definition) is 3. The average molecular weight is 253 g/mol. The smallest absolute Gasteiger partial charge is 0.231 e. The third-order valence-electron chi connectivity index (χ3n) is 3.50. The Kier molecular flexibility index (Phi) is 4.15. The van der Waals surface area contributed by atoms with Gasteiger partial charge in [0.25, 0.3) is 0 Å². The van der Waals surface area contributed by atoms with Crippen molar-refractivity contribution in [2.75, 3.05) is 13.1 Å². The third kappa shape index (κ3) is 2.74. The van der Waals surface area contributed by atoms with E-state index >= 15 is 0 Å². The lowest BCUT2D eigenvalue weighted by Gasteiger charge is -2.28. The van der Waals surface area contributed by atoms with Crippen molar-refractivity contribution in [1.29, 1.82) is 10.5 Å². The number of benzene rings is 1. The lowest BCUT2D eigenvalue weighted by atomic mass is 9.82. The number of fused-ring (bicyclic) bond motifs is 1. The van der Waals surface area contributed by atoms with E-state index in [-0.39, 0.29) is 24.9 Å². The molecule has 0 aromatic heterocycles. The zero-order valence-electron chi connectivity index (χ0n) is 10.7. The lowest BCUT2D eigenvalue weighted by Crippen LogP contribution is -2.37. The first-order valence-electron chi connectivity index (χ1n) is 6.38. The number of carbonyl (C=O) groups is 1. The maximum Gasteiger partial charge on any atom is 0.231 e. The number of aryl methyl sites for hydroxylation is 1. The average Bonchev–Trinajstić information content (AvgIpc) is 2.46. The highest BCUT2D eigenvalue weighted by Gasteiger charge is 2.29. The molecule has 0 saturated heterocycles. The van der Waals surface area contributed by atoms with E-state index in [1.54, 1.807) is 0 Å². The number of hydrogen-bond donors (Lipinski definition) is 0. The Labute approximate surface area is 112 Å². The van der Waals surface area contributed by atoms with E-state index < -0.39 is 0 Å². The molecule has 0 spiro atoms. The van der Waals surface area contributed by atoms with Gasteiger partial charge >= 0.3 is 0 Å². The Morgan fingerprint density at radius 3 is 2.63 bits per heavy atom. The molecule has 0 radical (unpaired) electrons. The van der Waals surface area contributed by atoms with E-state index in [1.807, 2.05) is 36.4 Å². The van der Waals surface area contributed by atoms with Gasteiger partial charge in [0.2, 0.25) is 5.91 Å². The molecule has 1 aromatic rings. The number of amides is 1. The summed E-state index contributed by atoms with van der Waals surface area (Å²) in [5, 5.41) is 17.5. The molecule has 0 unspecified atom stereocenters. The summed E-state index contributed by atoms with van der Waals surface area (Å²) < 4.78 is 0. The van der Waals surface area contributed by atoms with Crippen LogP contribution in [0.1, 0.15) is 29.9 Å². The van der Waals surface area contributed by atoms with E-state index in [2.05, 4.69) is 0 Å². The SMILES string of the molecule is N#CCN(CC#N)C(=O)[C@@H]1CCCc2ccccc21. The maximum absolute atomic E-state index is 12.5. The van der Waals surface area contributed by atoms with E-state index in [9.17, 15) is 4.79 Å². The molecule has 4 heteroatoms. The van der Waals surface area contributed by atoms with Crippen molar-refractivity contribution in [3.63, 3.8) is 0 Å². The van der Waals surface area contributed by atoms with E-state index in [0.29, 0.717) is 0 Å². The molecule has 1 aliphatic carbocycles. The molecule has 19 heavy (non-hydrogen) atoms. The Hall–Kier alpha value is -2.33. The number of nitriles is 2. The molecular weight excluding hydrogens is 238 g/mol. The second-order valence-corrected chi connectivity index (χ2v) is 4.65. The van der Waals surface area contributed by atoms with Crippen molar-refractivity contribution >= 4 is 5.91 Å². The van der Waals surface area contributed by atoms with Gasteiger partial charge in [-0.1, -0.05) is 24.3 Å². The van der Waals surface area contributed by atoms with Gasteiger partial charge in [-0.05, 0) is 30.4 Å². The number of rotatable bonds is 3. The normalized spacial score (nSPS) is 16.8. The van der Waals surface area contributed by atoms with Gasteiger partial charge in [-0.15, -0.1) is 0 Å². The predicted molar refractivity (Wildman–Crippen MR) is 69.9 cm³/mol. The largest absolute Gasteiger partial charge is 0.316 e. The third-order valence-corrected chi connectivity index (χ3v) is 3.50. The summed E-state index contributed by atoms with van der Waals surface area (Å²) in [5.74, 6) is -0.304. The number of carbonyl (C=O) groups excluding carboxylic acids is 1. The van der Waals surface area contributed by atoms with Gasteiger partial charge in [-0.3, -0.25) is 4.79 Å². The maximum atomic E-state index is 12.5. The van der Waals surface area contributed by atoms with Crippen LogP contribution >= 0.6 is 0 Å². The lowest BCUT2D eigenvalue weighted by molar-refractivity contribution is -0.132. The van der Waals surface area contributed by atoms with Gasteiger partial charge in [0.05, 0.1) is 18.1 Å². The van der Waals surface area contributed by atoms with Gasteiger partial charge in [0, 0.05) is 0 Å². The molecule has 0 fully saturated rings. The van der Waals surface area contributed by atoms with E-state index in [1.165, 1.54) is 10.5 Å². The Balaban J connectivity index is 2.25. The van der Waals surface area contributed by atoms with Crippen LogP contribution in [0.15, 0.2) is 24.3 Å². The van der Waals surface area contributed by atoms with Crippen LogP contribution in [0.5, 0.6) is 0 Å². The second-order valence-electron chi connectivity index (χ2n) is 4.65. The van der Waals surface area contributed by atoms with Crippen molar-refractivity contribution in [2.24, 2.45) is 0 Å². The van der Waals surface area contributed by atoms with Crippen LogP contribution in [0.25, 0.3) is 0 Å². The minimum absolute atomic E-state index is 0.0228. The van der Waals surface area contributed by atoms with Crippen LogP contribution < -0.4 is 0 Å². The highest BCUT2D eigenvalue weighted by molar-refractivity contribution is 5.84. The van der Waals surface area contributed by atoms with E-state index in [4.69, 9.17) is 10.5 Å². The van der Waals surface area contributed by atoms with Gasteiger partial charge < -0.3 is 4.90 Å². The first-order chi connectivity index (χ1) is 9.27. The summed E-state index contributed by atoms with van der Waals surface area (Å²) in [6.07, 6.45) is 2.76. The Morgan fingerprint density at radius 2 is 1.95 bits per heavy atom. The van der Waals surface area contributed by atoms with Gasteiger partial charge in [0.15, 0.2) is 0 Å². The Morgan fingerprint density at radius 1 is 1.26 bits per heavy atom. The summed E-state index contributed by atoms with van der Waals surface area (Å²) in [4.78, 5) is 13.8. The van der Waals surface area contributed by atoms with Crippen molar-refractivity contribution < 1.29 is 4.79 Å². The van der Waals surface area contributed by atoms with Crippen molar-refractivity contribution in [1.82, 2.24) is 4.90 Å². The standard InChI is InChI=1S/C15H15N3O/c16-8-10-18(11-9-17)15(19)14-7-3-5-12-4-1-2-6-13(12)14/h1-2,4,6,14H,3,5,7,10-11H2/t14-/m1/s1. The highest BCUT2D eigenvalue weighted by atomic mass is 16.2. The fourth-order valence-electron chi connectivity index (χ4n) is 2.61. The van der Waals surface area contributed by atoms with Crippen LogP contribution in [0.2, 0.25) is 0 Å². The first kappa shape index (κ1) is 13.1. The monoisotopic (exact) mass is 253 g/mol. The molecule has 4 nitrogen and oxygen atoms in total. The summed E-state index contributed by atoms with van der Waals surface area (Å²) in [7, 11) is 0. The highest BCUT2D eigenvalue weighted by Crippen LogP contribution is 2.32. The van der Waals surface area contributed by atoms with Crippen LogP contribution in [0.4, 0.5) is 0 Å². The van der Waals surface area contributed by atoms with E-state index in [0.717, 1.165) is 24.8 Å². The molecule has 0 heterocycles. The summed E-state index contributed by atoms with van der Waals surface area (Å²) in [6.45, 7) is -0.0455. The second kappa shape index (κ2) is 6.02. The molecule has 1 atom stereocenters. The minimum atomic E-state index is -0.202. The molecule has 2 rings (SSSR count). The van der Waals surface area contributed by atoms with Gasteiger partial charge in [-0.2, -0.15) is 10.5 Å². The molecule has 0 bridgehead atoms. The predicted octanol–water partition coefficient (Wildman–Crippen LogP) is 1.98. The van der Waals surface area contributed by atoms with Crippen LogP contribution in [-0.2, 0) is 11.2 Å². The number of nitrogens with zero attached hydrogens (tertiary/aromatic N) is 3. The van der Waals surface area contributed by atoms with Crippen LogP contribution in [-0.4, -0.2) is 23.9 Å². The summed E-state index contributed by atoms with van der Waals surface area (Å²) >= 11 is 0.